The summed E-state index contributed by atoms with van der Waals surface area (Å²) in [5.41, 5.74) is 3.19. The number of benzene rings is 1. The largest absolute Gasteiger partial charge is 0.396 e. The number of nitrogens with zero attached hydrogens (tertiary/aromatic N) is 2. The highest BCUT2D eigenvalue weighted by Crippen LogP contribution is 2.20. The first-order chi connectivity index (χ1) is 12.1. The Morgan fingerprint density at radius 2 is 2.12 bits per heavy atom. The molecule has 2 amide bonds. The molecule has 3 rings (SSSR count). The lowest BCUT2D eigenvalue weighted by molar-refractivity contribution is -0.128. The molecule has 1 aliphatic heterocycles. The number of piperazine rings is 1. The zero-order valence-electron chi connectivity index (χ0n) is 14.2. The number of hydrogen-bond acceptors (Lipinski definition) is 4. The maximum absolute atomic E-state index is 12.8. The van der Waals surface area contributed by atoms with E-state index >= 15 is 0 Å². The van der Waals surface area contributed by atoms with E-state index in [4.69, 9.17) is 5.11 Å². The topological polar surface area (TPSA) is 98.3 Å². The molecular weight excluding hydrogens is 320 g/mol. The van der Waals surface area contributed by atoms with Gasteiger partial charge in [0.1, 0.15) is 11.7 Å². The van der Waals surface area contributed by atoms with E-state index < -0.39 is 6.04 Å². The summed E-state index contributed by atoms with van der Waals surface area (Å²) in [6, 6.07) is 9.08. The number of hydrogen-bond donors (Lipinski definition) is 3. The second-order valence-corrected chi connectivity index (χ2v) is 6.03. The molecular formula is C18H22N4O3. The van der Waals surface area contributed by atoms with Crippen LogP contribution in [0, 0.1) is 0 Å². The molecule has 0 saturated carbocycles. The van der Waals surface area contributed by atoms with E-state index in [1.54, 1.807) is 6.07 Å². The van der Waals surface area contributed by atoms with Gasteiger partial charge in [-0.1, -0.05) is 31.2 Å². The maximum atomic E-state index is 12.8. The molecule has 1 atom stereocenters. The van der Waals surface area contributed by atoms with Gasteiger partial charge in [-0.15, -0.1) is 0 Å². The van der Waals surface area contributed by atoms with E-state index in [0.29, 0.717) is 24.5 Å². The Bertz CT molecular complexity index is 754. The first-order valence-corrected chi connectivity index (χ1v) is 8.48. The van der Waals surface area contributed by atoms with Crippen molar-refractivity contribution in [3.8, 4) is 11.3 Å². The summed E-state index contributed by atoms with van der Waals surface area (Å²) >= 11 is 0. The number of aliphatic hydroxyl groups is 1. The molecule has 1 fully saturated rings. The fourth-order valence-corrected chi connectivity index (χ4v) is 3.01. The summed E-state index contributed by atoms with van der Waals surface area (Å²) in [6.07, 6.45) is 1.19. The van der Waals surface area contributed by atoms with E-state index in [9.17, 15) is 9.59 Å². The first-order valence-electron chi connectivity index (χ1n) is 8.48. The number of amides is 2. The molecule has 0 radical (unpaired) electrons. The molecule has 7 nitrogen and oxygen atoms in total. The maximum Gasteiger partial charge on any atom is 0.272 e. The molecule has 3 N–H and O–H groups in total. The van der Waals surface area contributed by atoms with Crippen molar-refractivity contribution in [3.63, 3.8) is 0 Å². The number of carbonyl (C=O) groups is 2. The molecule has 2 heterocycles. The van der Waals surface area contributed by atoms with Crippen LogP contribution >= 0.6 is 0 Å². The van der Waals surface area contributed by atoms with Crippen LogP contribution < -0.4 is 5.32 Å². The van der Waals surface area contributed by atoms with Gasteiger partial charge in [0, 0.05) is 25.3 Å². The number of nitrogens with one attached hydrogen (secondary N) is 2. The SMILES string of the molecule is CCc1ccc(-c2cc(C(=O)N3CCNC(=O)[C@@H]3CCO)[nH]n2)cc1. The summed E-state index contributed by atoms with van der Waals surface area (Å²) in [7, 11) is 0. The molecule has 0 bridgehead atoms. The second kappa shape index (κ2) is 7.48. The van der Waals surface area contributed by atoms with E-state index in [0.717, 1.165) is 12.0 Å². The Balaban J connectivity index is 1.80. The van der Waals surface area contributed by atoms with Crippen molar-refractivity contribution in [3.05, 3.63) is 41.6 Å². The molecule has 1 aliphatic rings. The van der Waals surface area contributed by atoms with E-state index in [1.165, 1.54) is 10.5 Å². The molecule has 0 unspecified atom stereocenters. The van der Waals surface area contributed by atoms with Gasteiger partial charge in [-0.25, -0.2) is 0 Å². The van der Waals surface area contributed by atoms with Gasteiger partial charge in [-0.2, -0.15) is 5.10 Å². The lowest BCUT2D eigenvalue weighted by atomic mass is 10.1. The van der Waals surface area contributed by atoms with Gasteiger partial charge in [0.2, 0.25) is 5.91 Å². The lowest BCUT2D eigenvalue weighted by Gasteiger charge is -2.34. The van der Waals surface area contributed by atoms with Gasteiger partial charge in [-0.05, 0) is 24.5 Å². The van der Waals surface area contributed by atoms with Gasteiger partial charge in [0.05, 0.1) is 5.69 Å². The van der Waals surface area contributed by atoms with Crippen LogP contribution in [0.15, 0.2) is 30.3 Å². The number of aryl methyl sites for hydroxylation is 1. The minimum absolute atomic E-state index is 0.153. The van der Waals surface area contributed by atoms with Gasteiger partial charge in [0.15, 0.2) is 0 Å². The predicted molar refractivity (Wildman–Crippen MR) is 92.9 cm³/mol. The Morgan fingerprint density at radius 1 is 1.36 bits per heavy atom. The van der Waals surface area contributed by atoms with Crippen LogP contribution in [0.3, 0.4) is 0 Å². The summed E-state index contributed by atoms with van der Waals surface area (Å²) in [6.45, 7) is 2.76. The van der Waals surface area contributed by atoms with Crippen molar-refractivity contribution in [2.75, 3.05) is 19.7 Å². The van der Waals surface area contributed by atoms with Crippen molar-refractivity contribution < 1.29 is 14.7 Å². The van der Waals surface area contributed by atoms with Crippen molar-refractivity contribution in [1.29, 1.82) is 0 Å². The van der Waals surface area contributed by atoms with Gasteiger partial charge in [0.25, 0.3) is 5.91 Å². The summed E-state index contributed by atoms with van der Waals surface area (Å²) in [4.78, 5) is 26.2. The highest BCUT2D eigenvalue weighted by Gasteiger charge is 2.33. The Labute approximate surface area is 146 Å². The summed E-state index contributed by atoms with van der Waals surface area (Å²) in [5, 5.41) is 18.9. The smallest absolute Gasteiger partial charge is 0.272 e. The average molecular weight is 342 g/mol. The van der Waals surface area contributed by atoms with Gasteiger partial charge >= 0.3 is 0 Å². The number of H-pyrrole nitrogens is 1. The molecule has 2 aromatic rings. The van der Waals surface area contributed by atoms with E-state index in [1.807, 2.05) is 24.3 Å². The molecule has 25 heavy (non-hydrogen) atoms. The van der Waals surface area contributed by atoms with Crippen molar-refractivity contribution in [2.45, 2.75) is 25.8 Å². The summed E-state index contributed by atoms with van der Waals surface area (Å²) < 4.78 is 0. The quantitative estimate of drug-likeness (QED) is 0.754. The zero-order chi connectivity index (χ0) is 17.8. The lowest BCUT2D eigenvalue weighted by Crippen LogP contribution is -2.57. The minimum atomic E-state index is -0.651. The highest BCUT2D eigenvalue weighted by molar-refractivity contribution is 5.97. The molecule has 0 aliphatic carbocycles. The standard InChI is InChI=1S/C18H22N4O3/c1-2-12-3-5-13(6-4-12)14-11-15(21-20-14)18(25)22-9-8-19-17(24)16(22)7-10-23/h3-6,11,16,23H,2,7-10H2,1H3,(H,19,24)(H,20,21)/t16-/m0/s1. The van der Waals surface area contributed by atoms with Gasteiger partial charge < -0.3 is 15.3 Å². The highest BCUT2D eigenvalue weighted by atomic mass is 16.3. The molecule has 1 aromatic heterocycles. The van der Waals surface area contributed by atoms with Crippen LogP contribution in [0.5, 0.6) is 0 Å². The third-order valence-corrected chi connectivity index (χ3v) is 4.46. The Hall–Kier alpha value is -2.67. The minimum Gasteiger partial charge on any atom is -0.396 e. The van der Waals surface area contributed by atoms with Crippen LogP contribution in [0.25, 0.3) is 11.3 Å². The number of aromatic amines is 1. The molecule has 1 saturated heterocycles. The normalized spacial score (nSPS) is 17.4. The third-order valence-electron chi connectivity index (χ3n) is 4.46. The number of aliphatic hydroxyl groups excluding tert-OH is 1. The fraction of sp³-hybridized carbons (Fsp3) is 0.389. The van der Waals surface area contributed by atoms with E-state index in [2.05, 4.69) is 22.4 Å². The summed E-state index contributed by atoms with van der Waals surface area (Å²) in [5.74, 6) is -0.513. The fourth-order valence-electron chi connectivity index (χ4n) is 3.01. The van der Waals surface area contributed by atoms with Crippen molar-refractivity contribution in [2.24, 2.45) is 0 Å². The zero-order valence-corrected chi connectivity index (χ0v) is 14.2. The van der Waals surface area contributed by atoms with Crippen LogP contribution in [0.4, 0.5) is 0 Å². The van der Waals surface area contributed by atoms with Crippen molar-refractivity contribution >= 4 is 11.8 Å². The van der Waals surface area contributed by atoms with E-state index in [-0.39, 0.29) is 24.8 Å². The first kappa shape index (κ1) is 17.2. The molecule has 7 heteroatoms. The molecule has 132 valence electrons. The predicted octanol–water partition coefficient (Wildman–Crippen LogP) is 0.962. The van der Waals surface area contributed by atoms with Crippen LogP contribution in [0.1, 0.15) is 29.4 Å². The molecule has 0 spiro atoms. The van der Waals surface area contributed by atoms with Gasteiger partial charge in [-0.3, -0.25) is 14.7 Å². The van der Waals surface area contributed by atoms with Crippen molar-refractivity contribution in [1.82, 2.24) is 20.4 Å². The number of carbonyl (C=O) groups excluding carboxylic acids is 2. The number of rotatable bonds is 5. The van der Waals surface area contributed by atoms with Crippen LogP contribution in [-0.4, -0.2) is 57.8 Å². The second-order valence-electron chi connectivity index (χ2n) is 6.03. The van der Waals surface area contributed by atoms with Crippen LogP contribution in [-0.2, 0) is 11.2 Å². The monoisotopic (exact) mass is 342 g/mol. The Kier molecular flexibility index (Phi) is 5.14. The third kappa shape index (κ3) is 3.56. The number of aromatic nitrogens is 2. The van der Waals surface area contributed by atoms with Crippen LogP contribution in [0.2, 0.25) is 0 Å². The molecule has 1 aromatic carbocycles. The average Bonchev–Trinajstić information content (AvgIpc) is 3.13. The Morgan fingerprint density at radius 3 is 2.80 bits per heavy atom.